The van der Waals surface area contributed by atoms with Gasteiger partial charge >= 0.3 is 0 Å². The van der Waals surface area contributed by atoms with Crippen molar-refractivity contribution in [2.24, 2.45) is 0 Å². The Morgan fingerprint density at radius 1 is 0.929 bits per heavy atom. The van der Waals surface area contributed by atoms with Gasteiger partial charge in [0.1, 0.15) is 24.7 Å². The van der Waals surface area contributed by atoms with Crippen LogP contribution in [0.3, 0.4) is 0 Å². The zero-order chi connectivity index (χ0) is 19.8. The summed E-state index contributed by atoms with van der Waals surface area (Å²) in [6.07, 6.45) is 0. The molecule has 0 unspecified atom stereocenters. The lowest BCUT2D eigenvalue weighted by Crippen LogP contribution is -2.28. The Labute approximate surface area is 170 Å². The summed E-state index contributed by atoms with van der Waals surface area (Å²) >= 11 is 6.14. The molecule has 3 aromatic rings. The largest absolute Gasteiger partial charge is 0.492 e. The Balaban J connectivity index is 1.48. The van der Waals surface area contributed by atoms with Gasteiger partial charge in [-0.1, -0.05) is 53.6 Å². The number of carbonyl (C=O) groups excluding carboxylic acids is 1. The lowest BCUT2D eigenvalue weighted by molar-refractivity contribution is 0.0946. The molecule has 3 rings (SSSR count). The fourth-order valence-electron chi connectivity index (χ4n) is 2.57. The van der Waals surface area contributed by atoms with Gasteiger partial charge in [-0.3, -0.25) is 4.79 Å². The lowest BCUT2D eigenvalue weighted by atomic mass is 10.2. The van der Waals surface area contributed by atoms with E-state index in [9.17, 15) is 4.79 Å². The first-order chi connectivity index (χ1) is 13.6. The molecule has 0 heterocycles. The SMILES string of the molecule is Cc1ccc(OCCNC(=O)c2cccc(OCc3ccccc3Cl)c2)cc1. The number of rotatable bonds is 8. The molecule has 0 atom stereocenters. The number of hydrogen-bond donors (Lipinski definition) is 1. The van der Waals surface area contributed by atoms with Crippen molar-refractivity contribution in [1.29, 1.82) is 0 Å². The summed E-state index contributed by atoms with van der Waals surface area (Å²) < 4.78 is 11.4. The van der Waals surface area contributed by atoms with Crippen LogP contribution in [0.5, 0.6) is 11.5 Å². The van der Waals surface area contributed by atoms with Crippen molar-refractivity contribution in [3.8, 4) is 11.5 Å². The van der Waals surface area contributed by atoms with Crippen molar-refractivity contribution in [2.75, 3.05) is 13.2 Å². The molecular weight excluding hydrogens is 374 g/mol. The number of halogens is 1. The van der Waals surface area contributed by atoms with E-state index in [0.29, 0.717) is 36.1 Å². The summed E-state index contributed by atoms with van der Waals surface area (Å²) in [6.45, 7) is 3.18. The highest BCUT2D eigenvalue weighted by Crippen LogP contribution is 2.19. The van der Waals surface area contributed by atoms with Crippen LogP contribution >= 0.6 is 11.6 Å². The molecule has 144 valence electrons. The number of hydrogen-bond acceptors (Lipinski definition) is 3. The minimum atomic E-state index is -0.171. The topological polar surface area (TPSA) is 47.6 Å². The Hall–Kier alpha value is -2.98. The standard InChI is InChI=1S/C23H22ClNO3/c1-17-9-11-20(12-10-17)27-14-13-25-23(26)18-6-4-7-21(15-18)28-16-19-5-2-3-8-22(19)24/h2-12,15H,13-14,16H2,1H3,(H,25,26). The predicted octanol–water partition coefficient (Wildman–Crippen LogP) is 5.04. The van der Waals surface area contributed by atoms with E-state index in [1.165, 1.54) is 5.56 Å². The molecule has 0 spiro atoms. The molecule has 0 saturated carbocycles. The molecule has 0 aliphatic carbocycles. The summed E-state index contributed by atoms with van der Waals surface area (Å²) in [6, 6.07) is 22.4. The third kappa shape index (κ3) is 5.76. The van der Waals surface area contributed by atoms with E-state index in [1.54, 1.807) is 18.2 Å². The maximum absolute atomic E-state index is 12.3. The molecule has 0 aromatic heterocycles. The normalized spacial score (nSPS) is 10.4. The molecule has 0 aliphatic heterocycles. The maximum Gasteiger partial charge on any atom is 0.251 e. The molecule has 0 saturated heterocycles. The third-order valence-corrected chi connectivity index (χ3v) is 4.49. The van der Waals surface area contributed by atoms with E-state index in [2.05, 4.69) is 5.32 Å². The van der Waals surface area contributed by atoms with Crippen molar-refractivity contribution >= 4 is 17.5 Å². The molecule has 1 N–H and O–H groups in total. The van der Waals surface area contributed by atoms with Crippen molar-refractivity contribution in [3.63, 3.8) is 0 Å². The molecule has 5 heteroatoms. The quantitative estimate of drug-likeness (QED) is 0.544. The molecule has 1 amide bonds. The summed E-state index contributed by atoms with van der Waals surface area (Å²) in [4.78, 5) is 12.3. The highest BCUT2D eigenvalue weighted by atomic mass is 35.5. The zero-order valence-electron chi connectivity index (χ0n) is 15.7. The van der Waals surface area contributed by atoms with Gasteiger partial charge in [-0.2, -0.15) is 0 Å². The summed E-state index contributed by atoms with van der Waals surface area (Å²) in [5, 5.41) is 3.51. The van der Waals surface area contributed by atoms with E-state index >= 15 is 0 Å². The van der Waals surface area contributed by atoms with Crippen LogP contribution in [0.15, 0.2) is 72.8 Å². The number of ether oxygens (including phenoxy) is 2. The number of benzene rings is 3. The fourth-order valence-corrected chi connectivity index (χ4v) is 2.76. The highest BCUT2D eigenvalue weighted by Gasteiger charge is 2.07. The second-order valence-electron chi connectivity index (χ2n) is 6.33. The third-order valence-electron chi connectivity index (χ3n) is 4.13. The highest BCUT2D eigenvalue weighted by molar-refractivity contribution is 6.31. The smallest absolute Gasteiger partial charge is 0.251 e. The summed E-state index contributed by atoms with van der Waals surface area (Å²) in [5.74, 6) is 1.23. The molecule has 4 nitrogen and oxygen atoms in total. The predicted molar refractivity (Wildman–Crippen MR) is 111 cm³/mol. The minimum absolute atomic E-state index is 0.171. The van der Waals surface area contributed by atoms with Gasteiger partial charge in [-0.15, -0.1) is 0 Å². The Bertz CT molecular complexity index is 925. The Kier molecular flexibility index (Phi) is 6.93. The van der Waals surface area contributed by atoms with Crippen LogP contribution in [0.25, 0.3) is 0 Å². The average Bonchev–Trinajstić information content (AvgIpc) is 2.72. The van der Waals surface area contributed by atoms with Crippen LogP contribution in [0.2, 0.25) is 5.02 Å². The second-order valence-corrected chi connectivity index (χ2v) is 6.73. The van der Waals surface area contributed by atoms with Gasteiger partial charge in [0, 0.05) is 16.1 Å². The van der Waals surface area contributed by atoms with Crippen LogP contribution < -0.4 is 14.8 Å². The van der Waals surface area contributed by atoms with Gasteiger partial charge in [0.25, 0.3) is 5.91 Å². The first-order valence-electron chi connectivity index (χ1n) is 9.06. The number of nitrogens with one attached hydrogen (secondary N) is 1. The maximum atomic E-state index is 12.3. The van der Waals surface area contributed by atoms with Crippen molar-refractivity contribution in [2.45, 2.75) is 13.5 Å². The van der Waals surface area contributed by atoms with E-state index < -0.39 is 0 Å². The van der Waals surface area contributed by atoms with Crippen LogP contribution in [0.4, 0.5) is 0 Å². The van der Waals surface area contributed by atoms with Crippen LogP contribution in [-0.4, -0.2) is 19.1 Å². The Morgan fingerprint density at radius 2 is 1.71 bits per heavy atom. The summed E-state index contributed by atoms with van der Waals surface area (Å²) in [7, 11) is 0. The molecule has 3 aromatic carbocycles. The average molecular weight is 396 g/mol. The number of amides is 1. The molecular formula is C23H22ClNO3. The van der Waals surface area contributed by atoms with Gasteiger partial charge < -0.3 is 14.8 Å². The molecule has 0 radical (unpaired) electrons. The van der Waals surface area contributed by atoms with Crippen LogP contribution in [0, 0.1) is 6.92 Å². The van der Waals surface area contributed by atoms with E-state index in [4.69, 9.17) is 21.1 Å². The molecule has 0 bridgehead atoms. The zero-order valence-corrected chi connectivity index (χ0v) is 16.4. The van der Waals surface area contributed by atoms with E-state index in [-0.39, 0.29) is 5.91 Å². The van der Waals surface area contributed by atoms with Gasteiger partial charge in [0.05, 0.1) is 6.54 Å². The Morgan fingerprint density at radius 3 is 2.50 bits per heavy atom. The van der Waals surface area contributed by atoms with Crippen LogP contribution in [-0.2, 0) is 6.61 Å². The lowest BCUT2D eigenvalue weighted by Gasteiger charge is -2.10. The van der Waals surface area contributed by atoms with Gasteiger partial charge in [0.15, 0.2) is 0 Å². The monoisotopic (exact) mass is 395 g/mol. The number of aryl methyl sites for hydroxylation is 1. The summed E-state index contributed by atoms with van der Waals surface area (Å²) in [5.41, 5.74) is 2.61. The van der Waals surface area contributed by atoms with Crippen LogP contribution in [0.1, 0.15) is 21.5 Å². The number of carbonyl (C=O) groups is 1. The van der Waals surface area contributed by atoms with Crippen molar-refractivity contribution < 1.29 is 14.3 Å². The minimum Gasteiger partial charge on any atom is -0.492 e. The first kappa shape index (κ1) is 19.8. The van der Waals surface area contributed by atoms with Gasteiger partial charge in [-0.05, 0) is 43.3 Å². The van der Waals surface area contributed by atoms with E-state index in [1.807, 2.05) is 61.5 Å². The van der Waals surface area contributed by atoms with Gasteiger partial charge in [0.2, 0.25) is 0 Å². The first-order valence-corrected chi connectivity index (χ1v) is 9.43. The van der Waals surface area contributed by atoms with Gasteiger partial charge in [-0.25, -0.2) is 0 Å². The van der Waals surface area contributed by atoms with E-state index in [0.717, 1.165) is 11.3 Å². The molecule has 0 fully saturated rings. The van der Waals surface area contributed by atoms with Crippen molar-refractivity contribution in [1.82, 2.24) is 5.32 Å². The second kappa shape index (κ2) is 9.81. The fraction of sp³-hybridized carbons (Fsp3) is 0.174. The van der Waals surface area contributed by atoms with Crippen molar-refractivity contribution in [3.05, 3.63) is 94.5 Å². The molecule has 28 heavy (non-hydrogen) atoms. The molecule has 0 aliphatic rings.